The molecule has 0 aliphatic carbocycles. The molecule has 0 radical (unpaired) electrons. The number of para-hydroxylation sites is 1. The zero-order chi connectivity index (χ0) is 15.0. The summed E-state index contributed by atoms with van der Waals surface area (Å²) in [5.41, 5.74) is 13.3. The molecule has 0 spiro atoms. The summed E-state index contributed by atoms with van der Waals surface area (Å²) in [6.07, 6.45) is 0. The van der Waals surface area contributed by atoms with Crippen LogP contribution in [0.1, 0.15) is 10.4 Å². The number of halogens is 1. The summed E-state index contributed by atoms with van der Waals surface area (Å²) in [7, 11) is 0. The summed E-state index contributed by atoms with van der Waals surface area (Å²) in [5.74, 6) is -0.563. The Bertz CT molecular complexity index is 846. The summed E-state index contributed by atoms with van der Waals surface area (Å²) in [6, 6.07) is 10.5. The molecule has 5 nitrogen and oxygen atoms in total. The molecule has 0 saturated carbocycles. The molecule has 0 atom stereocenters. The number of anilines is 3. The lowest BCUT2D eigenvalue weighted by molar-refractivity contribution is 0.100. The van der Waals surface area contributed by atoms with E-state index in [9.17, 15) is 4.79 Å². The standard InChI is InChI=1S/C14H11ClN4OS/c15-7-4-5-9-11(6-7)21-14(18-9)19-10-3-1-2-8(12(10)16)13(17)20/h1-6H,16H2,(H2,17,20)(H,18,19). The Morgan fingerprint density at radius 2 is 2.10 bits per heavy atom. The van der Waals surface area contributed by atoms with Crippen LogP contribution in [0.4, 0.5) is 16.5 Å². The molecule has 7 heteroatoms. The number of nitrogens with zero attached hydrogens (tertiary/aromatic N) is 1. The van der Waals surface area contributed by atoms with Gasteiger partial charge in [0.05, 0.1) is 27.2 Å². The van der Waals surface area contributed by atoms with Crippen molar-refractivity contribution in [2.75, 3.05) is 11.1 Å². The minimum atomic E-state index is -0.563. The van der Waals surface area contributed by atoms with E-state index in [1.165, 1.54) is 11.3 Å². The zero-order valence-corrected chi connectivity index (χ0v) is 12.3. The van der Waals surface area contributed by atoms with Gasteiger partial charge in [-0.25, -0.2) is 4.98 Å². The molecule has 1 heterocycles. The Morgan fingerprint density at radius 1 is 1.29 bits per heavy atom. The van der Waals surface area contributed by atoms with Gasteiger partial charge in [0, 0.05) is 5.02 Å². The van der Waals surface area contributed by atoms with Gasteiger partial charge in [0.1, 0.15) is 0 Å². The van der Waals surface area contributed by atoms with Crippen LogP contribution in [0.2, 0.25) is 5.02 Å². The van der Waals surface area contributed by atoms with Gasteiger partial charge in [0.15, 0.2) is 5.13 Å². The smallest absolute Gasteiger partial charge is 0.250 e. The van der Waals surface area contributed by atoms with Gasteiger partial charge >= 0.3 is 0 Å². The number of rotatable bonds is 3. The van der Waals surface area contributed by atoms with Crippen molar-refractivity contribution in [3.05, 3.63) is 47.0 Å². The number of carbonyl (C=O) groups excluding carboxylic acids is 1. The fraction of sp³-hybridized carbons (Fsp3) is 0. The number of nitrogens with two attached hydrogens (primary N) is 2. The van der Waals surface area contributed by atoms with E-state index in [0.717, 1.165) is 10.2 Å². The summed E-state index contributed by atoms with van der Waals surface area (Å²) < 4.78 is 0.967. The Kier molecular flexibility index (Phi) is 3.40. The number of benzene rings is 2. The van der Waals surface area contributed by atoms with Gasteiger partial charge in [-0.2, -0.15) is 0 Å². The number of thiazole rings is 1. The number of amides is 1. The average Bonchev–Trinajstić information content (AvgIpc) is 2.82. The number of fused-ring (bicyclic) bond motifs is 1. The van der Waals surface area contributed by atoms with Crippen molar-refractivity contribution in [2.45, 2.75) is 0 Å². The van der Waals surface area contributed by atoms with Crippen molar-refractivity contribution in [1.29, 1.82) is 0 Å². The number of carbonyl (C=O) groups is 1. The van der Waals surface area contributed by atoms with Gasteiger partial charge in [-0.15, -0.1) is 0 Å². The lowest BCUT2D eigenvalue weighted by atomic mass is 10.1. The largest absolute Gasteiger partial charge is 0.396 e. The third-order valence-corrected chi connectivity index (χ3v) is 4.13. The van der Waals surface area contributed by atoms with Crippen molar-refractivity contribution >= 4 is 55.6 Å². The SMILES string of the molecule is NC(=O)c1cccc(Nc2nc3ccc(Cl)cc3s2)c1N. The van der Waals surface area contributed by atoms with Gasteiger partial charge in [-0.05, 0) is 30.3 Å². The first-order chi connectivity index (χ1) is 10.0. The first-order valence-corrected chi connectivity index (χ1v) is 7.25. The van der Waals surface area contributed by atoms with Gasteiger partial charge in [-0.1, -0.05) is 29.0 Å². The molecule has 0 aliphatic rings. The van der Waals surface area contributed by atoms with Gasteiger partial charge in [0.25, 0.3) is 5.91 Å². The maximum atomic E-state index is 11.3. The lowest BCUT2D eigenvalue weighted by Gasteiger charge is -2.08. The van der Waals surface area contributed by atoms with E-state index in [0.29, 0.717) is 21.5 Å². The molecule has 0 aliphatic heterocycles. The number of aromatic nitrogens is 1. The second kappa shape index (κ2) is 5.23. The second-order valence-electron chi connectivity index (χ2n) is 4.39. The molecule has 1 amide bonds. The maximum Gasteiger partial charge on any atom is 0.250 e. The van der Waals surface area contributed by atoms with Crippen LogP contribution in [0.15, 0.2) is 36.4 Å². The molecule has 3 rings (SSSR count). The van der Waals surface area contributed by atoms with Gasteiger partial charge < -0.3 is 16.8 Å². The monoisotopic (exact) mass is 318 g/mol. The first-order valence-electron chi connectivity index (χ1n) is 6.06. The third-order valence-electron chi connectivity index (χ3n) is 2.96. The predicted molar refractivity (Wildman–Crippen MR) is 87.3 cm³/mol. The highest BCUT2D eigenvalue weighted by Crippen LogP contribution is 2.32. The predicted octanol–water partition coefficient (Wildman–Crippen LogP) is 3.37. The highest BCUT2D eigenvalue weighted by molar-refractivity contribution is 7.22. The quantitative estimate of drug-likeness (QED) is 0.645. The molecular weight excluding hydrogens is 308 g/mol. The molecule has 21 heavy (non-hydrogen) atoms. The van der Waals surface area contributed by atoms with Crippen LogP contribution in [-0.4, -0.2) is 10.9 Å². The number of hydrogen-bond acceptors (Lipinski definition) is 5. The first kappa shape index (κ1) is 13.7. The van der Waals surface area contributed by atoms with Crippen molar-refractivity contribution in [3.8, 4) is 0 Å². The normalized spacial score (nSPS) is 10.7. The molecule has 2 aromatic carbocycles. The second-order valence-corrected chi connectivity index (χ2v) is 5.85. The highest BCUT2D eigenvalue weighted by atomic mass is 35.5. The molecule has 3 aromatic rings. The minimum absolute atomic E-state index is 0.282. The van der Waals surface area contributed by atoms with E-state index in [1.807, 2.05) is 12.1 Å². The molecule has 5 N–H and O–H groups in total. The van der Waals surface area contributed by atoms with Crippen molar-refractivity contribution < 1.29 is 4.79 Å². The molecular formula is C14H11ClN4OS. The minimum Gasteiger partial charge on any atom is -0.396 e. The molecule has 0 fully saturated rings. The van der Waals surface area contributed by atoms with Crippen molar-refractivity contribution in [2.24, 2.45) is 5.73 Å². The summed E-state index contributed by atoms with van der Waals surface area (Å²) >= 11 is 7.41. The van der Waals surface area contributed by atoms with Gasteiger partial charge in [-0.3, -0.25) is 4.79 Å². The molecule has 0 unspecified atom stereocenters. The fourth-order valence-electron chi connectivity index (χ4n) is 1.96. The fourth-order valence-corrected chi connectivity index (χ4v) is 3.11. The van der Waals surface area contributed by atoms with E-state index in [-0.39, 0.29) is 5.56 Å². The maximum absolute atomic E-state index is 11.3. The molecule has 0 bridgehead atoms. The van der Waals surface area contributed by atoms with Crippen molar-refractivity contribution in [1.82, 2.24) is 4.98 Å². The van der Waals surface area contributed by atoms with E-state index in [1.54, 1.807) is 24.3 Å². The molecule has 1 aromatic heterocycles. The average molecular weight is 319 g/mol. The van der Waals surface area contributed by atoms with E-state index in [2.05, 4.69) is 10.3 Å². The molecule has 106 valence electrons. The zero-order valence-electron chi connectivity index (χ0n) is 10.8. The van der Waals surface area contributed by atoms with Crippen LogP contribution in [0.3, 0.4) is 0 Å². The third kappa shape index (κ3) is 2.63. The Hall–Kier alpha value is -2.31. The van der Waals surface area contributed by atoms with Gasteiger partial charge in [0.2, 0.25) is 0 Å². The summed E-state index contributed by atoms with van der Waals surface area (Å²) in [6.45, 7) is 0. The summed E-state index contributed by atoms with van der Waals surface area (Å²) in [5, 5.41) is 4.44. The van der Waals surface area contributed by atoms with Crippen LogP contribution in [0.25, 0.3) is 10.2 Å². The van der Waals surface area contributed by atoms with E-state index >= 15 is 0 Å². The van der Waals surface area contributed by atoms with Crippen LogP contribution in [-0.2, 0) is 0 Å². The summed E-state index contributed by atoms with van der Waals surface area (Å²) in [4.78, 5) is 15.7. The lowest BCUT2D eigenvalue weighted by Crippen LogP contribution is -2.14. The van der Waals surface area contributed by atoms with Crippen molar-refractivity contribution in [3.63, 3.8) is 0 Å². The molecule has 0 saturated heterocycles. The van der Waals surface area contributed by atoms with Crippen LogP contribution < -0.4 is 16.8 Å². The Morgan fingerprint density at radius 3 is 2.86 bits per heavy atom. The Balaban J connectivity index is 1.98. The number of primary amides is 1. The van der Waals surface area contributed by atoms with Crippen LogP contribution in [0, 0.1) is 0 Å². The number of nitrogens with one attached hydrogen (secondary N) is 1. The van der Waals surface area contributed by atoms with E-state index in [4.69, 9.17) is 23.1 Å². The number of nitrogen functional groups attached to an aromatic ring is 1. The number of hydrogen-bond donors (Lipinski definition) is 3. The Labute approximate surface area is 129 Å². The van der Waals surface area contributed by atoms with Crippen LogP contribution >= 0.6 is 22.9 Å². The highest BCUT2D eigenvalue weighted by Gasteiger charge is 2.11. The topological polar surface area (TPSA) is 94.0 Å². The van der Waals surface area contributed by atoms with E-state index < -0.39 is 5.91 Å². The van der Waals surface area contributed by atoms with Crippen LogP contribution in [0.5, 0.6) is 0 Å².